The van der Waals surface area contributed by atoms with Gasteiger partial charge in [-0.05, 0) is 52.6 Å². The van der Waals surface area contributed by atoms with Gasteiger partial charge in [0.2, 0.25) is 0 Å². The summed E-state index contributed by atoms with van der Waals surface area (Å²) in [7, 11) is 0. The Hall–Kier alpha value is -4.17. The highest BCUT2D eigenvalue weighted by Crippen LogP contribution is 2.34. The van der Waals surface area contributed by atoms with Crippen LogP contribution in [0.15, 0.2) is 78.9 Å². The fourth-order valence-electron chi connectivity index (χ4n) is 5.21. The molecule has 41 heavy (non-hydrogen) atoms. The third kappa shape index (κ3) is 7.52. The van der Waals surface area contributed by atoms with Gasteiger partial charge >= 0.3 is 12.2 Å². The number of amides is 3. The molecule has 3 aromatic carbocycles. The van der Waals surface area contributed by atoms with Crippen LogP contribution in [0.5, 0.6) is 0 Å². The van der Waals surface area contributed by atoms with Crippen LogP contribution in [0.3, 0.4) is 0 Å². The molecule has 1 heterocycles. The lowest BCUT2D eigenvalue weighted by molar-refractivity contribution is -0.141. The second-order valence-corrected chi connectivity index (χ2v) is 11.3. The van der Waals surface area contributed by atoms with Gasteiger partial charge in [0.05, 0.1) is 12.1 Å². The zero-order chi connectivity index (χ0) is 29.6. The molecule has 2 N–H and O–H groups in total. The first-order valence-corrected chi connectivity index (χ1v) is 13.9. The lowest BCUT2D eigenvalue weighted by Gasteiger charge is -2.31. The summed E-state index contributed by atoms with van der Waals surface area (Å²) in [6.45, 7) is 8.30. The second-order valence-electron chi connectivity index (χ2n) is 11.3. The Morgan fingerprint density at radius 3 is 2.34 bits per heavy atom. The van der Waals surface area contributed by atoms with Crippen molar-refractivity contribution in [2.45, 2.75) is 58.7 Å². The van der Waals surface area contributed by atoms with Crippen molar-refractivity contribution in [1.82, 2.24) is 10.2 Å². The Kier molecular flexibility index (Phi) is 9.45. The maximum absolute atomic E-state index is 13.6. The van der Waals surface area contributed by atoms with Crippen LogP contribution in [0.25, 0.3) is 11.1 Å². The Morgan fingerprint density at radius 1 is 1.00 bits per heavy atom. The van der Waals surface area contributed by atoms with Crippen LogP contribution in [-0.4, -0.2) is 53.5 Å². The molecule has 0 saturated carbocycles. The molecule has 4 rings (SSSR count). The Balaban J connectivity index is 1.50. The van der Waals surface area contributed by atoms with Gasteiger partial charge in [-0.3, -0.25) is 4.79 Å². The van der Waals surface area contributed by atoms with Crippen molar-refractivity contribution in [2.24, 2.45) is 5.41 Å². The summed E-state index contributed by atoms with van der Waals surface area (Å²) < 4.78 is 11.1. The number of imide groups is 1. The van der Waals surface area contributed by atoms with Gasteiger partial charge in [-0.2, -0.15) is 0 Å². The second kappa shape index (κ2) is 13.0. The number of carbonyl (C=O) groups is 3. The highest BCUT2D eigenvalue weighted by Gasteiger charge is 2.41. The van der Waals surface area contributed by atoms with Crippen molar-refractivity contribution in [2.75, 3.05) is 13.2 Å². The highest BCUT2D eigenvalue weighted by molar-refractivity contribution is 5.96. The van der Waals surface area contributed by atoms with Crippen LogP contribution in [0.2, 0.25) is 0 Å². The number of carboxylic acid groups (broad SMARTS) is 1. The Bertz CT molecular complexity index is 1350. The van der Waals surface area contributed by atoms with Gasteiger partial charge in [-0.25, -0.2) is 14.5 Å². The number of benzene rings is 3. The van der Waals surface area contributed by atoms with E-state index in [1.54, 1.807) is 0 Å². The average molecular weight is 559 g/mol. The van der Waals surface area contributed by atoms with E-state index in [1.165, 1.54) is 4.90 Å². The van der Waals surface area contributed by atoms with E-state index >= 15 is 0 Å². The molecule has 3 aromatic rings. The molecule has 0 radical (unpaired) electrons. The molecule has 3 unspecified atom stereocenters. The minimum Gasteiger partial charge on any atom is -0.465 e. The summed E-state index contributed by atoms with van der Waals surface area (Å²) in [6, 6.07) is 24.6. The van der Waals surface area contributed by atoms with Crippen molar-refractivity contribution >= 4 is 18.1 Å². The number of cyclic esters (lactones) is 1. The maximum Gasteiger partial charge on any atom is 0.417 e. The zero-order valence-corrected chi connectivity index (χ0v) is 24.0. The lowest BCUT2D eigenvalue weighted by atomic mass is 9.81. The normalized spacial score (nSPS) is 16.6. The molecule has 0 spiro atoms. The van der Waals surface area contributed by atoms with Crippen molar-refractivity contribution in [3.8, 4) is 11.1 Å². The first-order chi connectivity index (χ1) is 19.6. The van der Waals surface area contributed by atoms with E-state index in [0.29, 0.717) is 19.4 Å². The molecule has 8 nitrogen and oxygen atoms in total. The average Bonchev–Trinajstić information content (AvgIpc) is 3.30. The van der Waals surface area contributed by atoms with Crippen LogP contribution in [-0.2, 0) is 27.1 Å². The van der Waals surface area contributed by atoms with Crippen molar-refractivity contribution < 1.29 is 29.0 Å². The fraction of sp³-hybridized carbons (Fsp3) is 0.364. The molecule has 1 aliphatic rings. The van der Waals surface area contributed by atoms with E-state index in [4.69, 9.17) is 9.47 Å². The van der Waals surface area contributed by atoms with Gasteiger partial charge in [-0.15, -0.1) is 0 Å². The summed E-state index contributed by atoms with van der Waals surface area (Å²) in [6.07, 6.45) is -1.70. The minimum atomic E-state index is -1.06. The smallest absolute Gasteiger partial charge is 0.417 e. The van der Waals surface area contributed by atoms with Crippen LogP contribution in [0, 0.1) is 5.41 Å². The molecule has 1 saturated heterocycles. The summed E-state index contributed by atoms with van der Waals surface area (Å²) in [5.41, 5.74) is 4.40. The van der Waals surface area contributed by atoms with Gasteiger partial charge < -0.3 is 19.9 Å². The molecule has 8 heteroatoms. The molecule has 0 aliphatic carbocycles. The maximum atomic E-state index is 13.6. The van der Waals surface area contributed by atoms with E-state index in [1.807, 2.05) is 107 Å². The van der Waals surface area contributed by atoms with Gasteiger partial charge in [0.1, 0.15) is 12.7 Å². The fourth-order valence-corrected chi connectivity index (χ4v) is 5.21. The van der Waals surface area contributed by atoms with Crippen LogP contribution in [0.1, 0.15) is 50.4 Å². The predicted molar refractivity (Wildman–Crippen MR) is 156 cm³/mol. The molecule has 0 bridgehead atoms. The number of hydrogen-bond donors (Lipinski definition) is 2. The molecule has 0 aromatic heterocycles. The molecule has 216 valence electrons. The summed E-state index contributed by atoms with van der Waals surface area (Å²) >= 11 is 0. The standard InChI is InChI=1S/C33H38N2O6/c1-5-40-28(30(36)35-27(21-41-32(35)39)18-22-10-7-6-8-11-22)19-23-14-16-24(17-15-23)25-12-9-13-26(20-25)29(33(2,3)4)34-31(37)38/h6-17,20,27-29,34H,5,18-19,21H2,1-4H3,(H,37,38). The van der Waals surface area contributed by atoms with Crippen molar-refractivity contribution in [3.63, 3.8) is 0 Å². The topological polar surface area (TPSA) is 105 Å². The summed E-state index contributed by atoms with van der Waals surface area (Å²) in [5, 5.41) is 12.0. The van der Waals surface area contributed by atoms with Crippen LogP contribution in [0.4, 0.5) is 9.59 Å². The summed E-state index contributed by atoms with van der Waals surface area (Å²) in [4.78, 5) is 38.8. The van der Waals surface area contributed by atoms with Gasteiger partial charge in [0, 0.05) is 13.0 Å². The highest BCUT2D eigenvalue weighted by atomic mass is 16.6. The van der Waals surface area contributed by atoms with E-state index in [-0.39, 0.29) is 24.1 Å². The van der Waals surface area contributed by atoms with E-state index < -0.39 is 24.2 Å². The first kappa shape index (κ1) is 29.8. The Labute approximate surface area is 241 Å². The number of carbonyl (C=O) groups excluding carboxylic acids is 2. The predicted octanol–water partition coefficient (Wildman–Crippen LogP) is 6.25. The van der Waals surface area contributed by atoms with Crippen molar-refractivity contribution in [1.29, 1.82) is 0 Å². The molecule has 3 atom stereocenters. The molecule has 1 fully saturated rings. The molecule has 1 aliphatic heterocycles. The zero-order valence-electron chi connectivity index (χ0n) is 24.0. The summed E-state index contributed by atoms with van der Waals surface area (Å²) in [5.74, 6) is -0.397. The van der Waals surface area contributed by atoms with E-state index in [9.17, 15) is 19.5 Å². The first-order valence-electron chi connectivity index (χ1n) is 13.9. The third-order valence-electron chi connectivity index (χ3n) is 7.22. The number of hydrogen-bond acceptors (Lipinski definition) is 5. The van der Waals surface area contributed by atoms with Gasteiger partial charge in [-0.1, -0.05) is 93.6 Å². The van der Waals surface area contributed by atoms with Gasteiger partial charge in [0.25, 0.3) is 5.91 Å². The molecular weight excluding hydrogens is 520 g/mol. The number of nitrogens with one attached hydrogen (secondary N) is 1. The van der Waals surface area contributed by atoms with Crippen LogP contribution < -0.4 is 5.32 Å². The van der Waals surface area contributed by atoms with Gasteiger partial charge in [0.15, 0.2) is 0 Å². The Morgan fingerprint density at radius 2 is 1.71 bits per heavy atom. The van der Waals surface area contributed by atoms with E-state index in [2.05, 4.69) is 5.32 Å². The quantitative estimate of drug-likeness (QED) is 0.305. The monoisotopic (exact) mass is 558 g/mol. The number of rotatable bonds is 10. The number of nitrogens with zero attached hydrogens (tertiary/aromatic N) is 1. The van der Waals surface area contributed by atoms with Crippen molar-refractivity contribution in [3.05, 3.63) is 95.6 Å². The third-order valence-corrected chi connectivity index (χ3v) is 7.22. The molecular formula is C33H38N2O6. The lowest BCUT2D eigenvalue weighted by Crippen LogP contribution is -2.47. The molecule has 3 amide bonds. The number of ether oxygens (including phenoxy) is 2. The van der Waals surface area contributed by atoms with E-state index in [0.717, 1.165) is 27.8 Å². The van der Waals surface area contributed by atoms with Crippen LogP contribution >= 0.6 is 0 Å². The SMILES string of the molecule is CCOC(Cc1ccc(-c2cccc(C(NC(=O)O)C(C)(C)C)c2)cc1)C(=O)N1C(=O)OCC1Cc1ccccc1. The largest absolute Gasteiger partial charge is 0.465 e. The minimum absolute atomic E-state index is 0.157.